The van der Waals surface area contributed by atoms with Gasteiger partial charge in [0.05, 0.1) is 6.04 Å². The molecule has 1 aromatic heterocycles. The van der Waals surface area contributed by atoms with Crippen LogP contribution in [0.5, 0.6) is 0 Å². The van der Waals surface area contributed by atoms with E-state index in [4.69, 9.17) is 26.4 Å². The zero-order valence-corrected chi connectivity index (χ0v) is 25.7. The Labute approximate surface area is 270 Å². The van der Waals surface area contributed by atoms with Crippen molar-refractivity contribution in [1.29, 1.82) is 0 Å². The van der Waals surface area contributed by atoms with E-state index in [0.717, 1.165) is 11.1 Å². The fraction of sp³-hybridized carbons (Fsp3) is 0.235. The average molecular weight is 641 g/mol. The summed E-state index contributed by atoms with van der Waals surface area (Å²) in [6.45, 7) is 1.65. The third-order valence-corrected chi connectivity index (χ3v) is 7.38. The monoisotopic (exact) mass is 640 g/mol. The van der Waals surface area contributed by atoms with Crippen molar-refractivity contribution in [3.8, 4) is 0 Å². The van der Waals surface area contributed by atoms with Crippen molar-refractivity contribution >= 4 is 40.6 Å². The normalized spacial score (nSPS) is 12.0. The molecule has 0 saturated carbocycles. The topological polar surface area (TPSA) is 222 Å². The molecule has 0 saturated heterocycles. The highest BCUT2D eigenvalue weighted by Crippen LogP contribution is 2.25. The summed E-state index contributed by atoms with van der Waals surface area (Å²) in [4.78, 5) is 69.3. The summed E-state index contributed by atoms with van der Waals surface area (Å²) in [5, 5.41) is 5.61. The van der Waals surface area contributed by atoms with Crippen molar-refractivity contribution in [2.75, 3.05) is 6.54 Å². The molecule has 4 rings (SSSR count). The van der Waals surface area contributed by atoms with Crippen LogP contribution in [0.1, 0.15) is 50.2 Å². The number of Topliss-reactive ketones (excluding diaryl/α,β-unsaturated/α-hetero) is 1. The molecule has 0 unspecified atom stereocenters. The van der Waals surface area contributed by atoms with Crippen LogP contribution in [-0.2, 0) is 22.6 Å². The van der Waals surface area contributed by atoms with Gasteiger partial charge in [0.2, 0.25) is 5.91 Å². The van der Waals surface area contributed by atoms with Gasteiger partial charge in [0.15, 0.2) is 11.7 Å². The molecule has 0 aliphatic rings. The summed E-state index contributed by atoms with van der Waals surface area (Å²) in [7, 11) is 0. The first-order chi connectivity index (χ1) is 22.5. The summed E-state index contributed by atoms with van der Waals surface area (Å²) in [6, 6.07) is 20.3. The van der Waals surface area contributed by atoms with Gasteiger partial charge in [-0.25, -0.2) is 9.59 Å². The van der Waals surface area contributed by atoms with Crippen molar-refractivity contribution in [3.05, 3.63) is 117 Å². The Morgan fingerprint density at radius 2 is 1.51 bits per heavy atom. The van der Waals surface area contributed by atoms with Gasteiger partial charge in [-0.15, -0.1) is 0 Å². The minimum absolute atomic E-state index is 0.0118. The number of aryl methyl sites for hydroxylation is 1. The highest BCUT2D eigenvalue weighted by molar-refractivity contribution is 6.13. The molecule has 2 atom stereocenters. The summed E-state index contributed by atoms with van der Waals surface area (Å²) in [5.74, 6) is -2.31. The minimum atomic E-state index is -1.13. The molecule has 3 aromatic carbocycles. The lowest BCUT2D eigenvalue weighted by atomic mass is 9.93. The molecule has 244 valence electrons. The van der Waals surface area contributed by atoms with Crippen LogP contribution in [-0.4, -0.2) is 48.3 Å². The molecule has 0 radical (unpaired) electrons. The zero-order valence-electron chi connectivity index (χ0n) is 25.7. The van der Waals surface area contributed by atoms with Crippen LogP contribution < -0.4 is 33.5 Å². The number of nitrogens with zero attached hydrogens (tertiary/aromatic N) is 1. The second kappa shape index (κ2) is 15.8. The second-order valence-corrected chi connectivity index (χ2v) is 10.8. The molecule has 13 heteroatoms. The molecule has 0 fully saturated rings. The Kier molecular flexibility index (Phi) is 11.4. The highest BCUT2D eigenvalue weighted by atomic mass is 16.5. The number of hydrogen-bond donors (Lipinski definition) is 5. The Balaban J connectivity index is 1.64. The predicted octanol–water partition coefficient (Wildman–Crippen LogP) is 2.46. The number of aliphatic imine (C=N–C) groups is 1. The molecule has 0 aliphatic carbocycles. The van der Waals surface area contributed by atoms with Gasteiger partial charge < -0.3 is 37.0 Å². The van der Waals surface area contributed by atoms with Crippen LogP contribution in [0.2, 0.25) is 0 Å². The SMILES string of the molecule is Cc1c(C(N)=O)c(=O)oc2cccc(C(=O)[C@H](CCCN=C(N)N)NC(=O)[C@H](Cc3ccccc3)NC(=O)OCc3ccccc3)c12. The fourth-order valence-electron chi connectivity index (χ4n) is 5.12. The van der Waals surface area contributed by atoms with Gasteiger partial charge in [0.25, 0.3) is 5.91 Å². The average Bonchev–Trinajstić information content (AvgIpc) is 3.04. The number of carbonyl (C=O) groups is 4. The Morgan fingerprint density at radius 1 is 0.851 bits per heavy atom. The number of fused-ring (bicyclic) bond motifs is 1. The molecule has 0 spiro atoms. The molecule has 47 heavy (non-hydrogen) atoms. The Hall–Kier alpha value is -5.98. The number of nitrogens with two attached hydrogens (primary N) is 3. The summed E-state index contributed by atoms with van der Waals surface area (Å²) < 4.78 is 10.7. The molecule has 4 aromatic rings. The van der Waals surface area contributed by atoms with Crippen LogP contribution in [0.25, 0.3) is 11.0 Å². The molecule has 8 N–H and O–H groups in total. The molecule has 0 bridgehead atoms. The maximum atomic E-state index is 14.2. The largest absolute Gasteiger partial charge is 0.445 e. The second-order valence-electron chi connectivity index (χ2n) is 10.8. The molecule has 3 amide bonds. The van der Waals surface area contributed by atoms with E-state index >= 15 is 0 Å². The Bertz CT molecular complexity index is 1840. The lowest BCUT2D eigenvalue weighted by molar-refractivity contribution is -0.123. The zero-order chi connectivity index (χ0) is 33.9. The van der Waals surface area contributed by atoms with Gasteiger partial charge in [-0.1, -0.05) is 72.8 Å². The standard InChI is InChI=1S/C34H36N6O7/c1-20-27-23(14-8-16-26(27)47-32(44)28(20)30(35)42)29(41)24(15-9-17-38-33(36)37)39-31(43)25(18-21-10-4-2-5-11-21)40-34(45)46-19-22-12-6-3-7-13-22/h2-8,10-14,16,24-25H,9,15,17-19H2,1H3,(H2,35,42)(H,39,43)(H,40,45)(H4,36,37,38)/t24-,25-/m0/s1. The molecular weight excluding hydrogens is 604 g/mol. The number of carbonyl (C=O) groups excluding carboxylic acids is 4. The number of rotatable bonds is 14. The van der Waals surface area contributed by atoms with Crippen molar-refractivity contribution < 1.29 is 28.3 Å². The van der Waals surface area contributed by atoms with Crippen LogP contribution in [0.4, 0.5) is 4.79 Å². The van der Waals surface area contributed by atoms with Crippen LogP contribution in [0, 0.1) is 6.92 Å². The number of primary amides is 1. The minimum Gasteiger partial charge on any atom is -0.445 e. The first-order valence-electron chi connectivity index (χ1n) is 14.8. The number of alkyl carbamates (subject to hydrolysis) is 1. The molecular formula is C34H36N6O7. The maximum absolute atomic E-state index is 14.2. The van der Waals surface area contributed by atoms with E-state index in [2.05, 4.69) is 15.6 Å². The lowest BCUT2D eigenvalue weighted by Crippen LogP contribution is -2.52. The number of ketones is 1. The van der Waals surface area contributed by atoms with Gasteiger partial charge in [0.1, 0.15) is 23.8 Å². The van der Waals surface area contributed by atoms with Crippen LogP contribution >= 0.6 is 0 Å². The van der Waals surface area contributed by atoms with E-state index < -0.39 is 41.4 Å². The Morgan fingerprint density at radius 3 is 2.15 bits per heavy atom. The number of nitrogens with one attached hydrogen (secondary N) is 2. The third kappa shape index (κ3) is 9.03. The van der Waals surface area contributed by atoms with E-state index in [1.54, 1.807) is 36.4 Å². The van der Waals surface area contributed by atoms with E-state index in [9.17, 15) is 24.0 Å². The van der Waals surface area contributed by atoms with Gasteiger partial charge in [-0.05, 0) is 42.5 Å². The first-order valence-corrected chi connectivity index (χ1v) is 14.8. The number of guanidine groups is 1. The molecule has 0 aliphatic heterocycles. The van der Waals surface area contributed by atoms with E-state index in [1.165, 1.54) is 25.1 Å². The van der Waals surface area contributed by atoms with Gasteiger partial charge in [0, 0.05) is 23.9 Å². The quantitative estimate of drug-likeness (QED) is 0.0448. The van der Waals surface area contributed by atoms with Gasteiger partial charge in [-0.2, -0.15) is 0 Å². The lowest BCUT2D eigenvalue weighted by Gasteiger charge is -2.23. The van der Waals surface area contributed by atoms with Crippen LogP contribution in [0.15, 0.2) is 93.1 Å². The van der Waals surface area contributed by atoms with Crippen molar-refractivity contribution in [2.45, 2.75) is 44.9 Å². The maximum Gasteiger partial charge on any atom is 0.408 e. The van der Waals surface area contributed by atoms with Crippen molar-refractivity contribution in [2.24, 2.45) is 22.2 Å². The molecule has 13 nitrogen and oxygen atoms in total. The number of ether oxygens (including phenoxy) is 1. The van der Waals surface area contributed by atoms with Gasteiger partial charge in [-0.3, -0.25) is 19.4 Å². The summed E-state index contributed by atoms with van der Waals surface area (Å²) in [6.07, 6.45) is -0.315. The predicted molar refractivity (Wildman–Crippen MR) is 176 cm³/mol. The number of benzene rings is 3. The fourth-order valence-corrected chi connectivity index (χ4v) is 5.12. The van der Waals surface area contributed by atoms with E-state index in [-0.39, 0.29) is 59.6 Å². The van der Waals surface area contributed by atoms with E-state index in [1.807, 2.05) is 24.3 Å². The number of amides is 3. The smallest absolute Gasteiger partial charge is 0.408 e. The highest BCUT2D eigenvalue weighted by Gasteiger charge is 2.30. The first kappa shape index (κ1) is 33.9. The number of hydrogen-bond acceptors (Lipinski definition) is 8. The third-order valence-electron chi connectivity index (χ3n) is 7.38. The summed E-state index contributed by atoms with van der Waals surface area (Å²) in [5.41, 5.74) is 16.9. The van der Waals surface area contributed by atoms with Gasteiger partial charge >= 0.3 is 11.7 Å². The summed E-state index contributed by atoms with van der Waals surface area (Å²) >= 11 is 0. The van der Waals surface area contributed by atoms with Crippen molar-refractivity contribution in [1.82, 2.24) is 10.6 Å². The van der Waals surface area contributed by atoms with Crippen molar-refractivity contribution in [3.63, 3.8) is 0 Å². The van der Waals surface area contributed by atoms with Crippen LogP contribution in [0.3, 0.4) is 0 Å². The van der Waals surface area contributed by atoms with E-state index in [0.29, 0.717) is 6.42 Å². The molecule has 1 heterocycles.